The second-order valence-electron chi connectivity index (χ2n) is 6.00. The Labute approximate surface area is 156 Å². The number of hydrogen-bond acceptors (Lipinski definition) is 5. The first kappa shape index (κ1) is 18.2. The lowest BCUT2D eigenvalue weighted by Gasteiger charge is -2.09. The number of hydrogen-bond donors (Lipinski definition) is 4. The molecule has 8 nitrogen and oxygen atoms in total. The van der Waals surface area contributed by atoms with Crippen LogP contribution in [0.3, 0.4) is 0 Å². The molecular weight excluding hydrogens is 344 g/mol. The van der Waals surface area contributed by atoms with Crippen LogP contribution in [-0.4, -0.2) is 33.5 Å². The molecule has 0 atom stereocenters. The monoisotopic (exact) mass is 366 g/mol. The Morgan fingerprint density at radius 2 is 1.96 bits per heavy atom. The van der Waals surface area contributed by atoms with Crippen LogP contribution in [0.4, 0.5) is 0 Å². The Balaban J connectivity index is 1.61. The normalized spacial score (nSPS) is 11.5. The van der Waals surface area contributed by atoms with Crippen LogP contribution in [0.5, 0.6) is 0 Å². The first-order valence-corrected chi connectivity index (χ1v) is 8.69. The quantitative estimate of drug-likeness (QED) is 0.469. The van der Waals surface area contributed by atoms with E-state index in [9.17, 15) is 9.59 Å². The van der Waals surface area contributed by atoms with Crippen molar-refractivity contribution in [2.45, 2.75) is 13.3 Å². The van der Waals surface area contributed by atoms with Crippen LogP contribution in [-0.2, 0) is 0 Å². The van der Waals surface area contributed by atoms with Crippen LogP contribution in [0, 0.1) is 0 Å². The predicted octanol–water partition coefficient (Wildman–Crippen LogP) is 1.24. The molecule has 0 fully saturated rings. The fourth-order valence-electron chi connectivity index (χ4n) is 2.60. The number of fused-ring (bicyclic) bond motifs is 1. The van der Waals surface area contributed by atoms with Crippen molar-refractivity contribution in [1.29, 1.82) is 0 Å². The third-order valence-corrected chi connectivity index (χ3v) is 4.12. The number of carbonyl (C=O) groups excluding carboxylic acids is 1. The van der Waals surface area contributed by atoms with Gasteiger partial charge in [0.15, 0.2) is 0 Å². The van der Waals surface area contributed by atoms with Gasteiger partial charge < -0.3 is 21.4 Å². The van der Waals surface area contributed by atoms with Crippen LogP contribution in [0.1, 0.15) is 23.7 Å². The summed E-state index contributed by atoms with van der Waals surface area (Å²) in [5, 5.41) is 6.73. The first-order valence-electron chi connectivity index (χ1n) is 8.69. The Kier molecular flexibility index (Phi) is 5.55. The van der Waals surface area contributed by atoms with Gasteiger partial charge in [0.25, 0.3) is 5.91 Å². The molecule has 0 aliphatic carbocycles. The highest BCUT2D eigenvalue weighted by molar-refractivity contribution is 5.94. The molecule has 0 radical (unpaired) electrons. The summed E-state index contributed by atoms with van der Waals surface area (Å²) in [7, 11) is 0. The van der Waals surface area contributed by atoms with Gasteiger partial charge in [-0.25, -0.2) is 4.79 Å². The minimum Gasteiger partial charge on any atom is -0.386 e. The van der Waals surface area contributed by atoms with Gasteiger partial charge in [-0.1, -0.05) is 0 Å². The molecule has 2 heterocycles. The molecule has 3 rings (SSSR count). The molecule has 140 valence electrons. The number of amides is 1. The Morgan fingerprint density at radius 3 is 2.70 bits per heavy atom. The van der Waals surface area contributed by atoms with E-state index in [1.165, 1.54) is 4.57 Å². The number of aromatic nitrogens is 3. The maximum Gasteiger partial charge on any atom is 0.354 e. The molecule has 0 aliphatic rings. The van der Waals surface area contributed by atoms with Crippen molar-refractivity contribution >= 4 is 16.9 Å². The summed E-state index contributed by atoms with van der Waals surface area (Å²) < 4.78 is 1.45. The topological polar surface area (TPSA) is 118 Å². The molecule has 1 aromatic carbocycles. The van der Waals surface area contributed by atoms with Gasteiger partial charge in [-0.15, -0.1) is 0 Å². The Morgan fingerprint density at radius 1 is 1.22 bits per heavy atom. The lowest BCUT2D eigenvalue weighted by atomic mass is 10.2. The molecule has 2 aromatic heterocycles. The standard InChI is InChI=1S/C19H22N6O2/c1-2-16(20)21-9-3-10-23-18(26)13-4-6-15(7-5-13)25-12-14-8-11-22-17(14)24-19(25)27/h2,4-8,11-12,21H,3,9-10,20H2,1H3,(H,23,26)(H,22,24,27)/b16-2-. The lowest BCUT2D eigenvalue weighted by molar-refractivity contribution is 0.0953. The fraction of sp³-hybridized carbons (Fsp3) is 0.211. The van der Waals surface area contributed by atoms with E-state index in [2.05, 4.69) is 20.6 Å². The zero-order valence-electron chi connectivity index (χ0n) is 15.0. The van der Waals surface area contributed by atoms with E-state index in [4.69, 9.17) is 5.73 Å². The van der Waals surface area contributed by atoms with Gasteiger partial charge >= 0.3 is 5.69 Å². The molecule has 1 amide bonds. The molecule has 0 spiro atoms. The van der Waals surface area contributed by atoms with Crippen molar-refractivity contribution in [3.63, 3.8) is 0 Å². The summed E-state index contributed by atoms with van der Waals surface area (Å²) in [6, 6.07) is 8.68. The minimum atomic E-state index is -0.380. The highest BCUT2D eigenvalue weighted by Crippen LogP contribution is 2.11. The molecular formula is C19H22N6O2. The van der Waals surface area contributed by atoms with Gasteiger partial charge in [-0.2, -0.15) is 4.98 Å². The number of aromatic amines is 1. The van der Waals surface area contributed by atoms with Gasteiger partial charge in [0.05, 0.1) is 11.5 Å². The van der Waals surface area contributed by atoms with Crippen LogP contribution in [0.25, 0.3) is 16.7 Å². The first-order chi connectivity index (χ1) is 13.1. The van der Waals surface area contributed by atoms with Gasteiger partial charge in [0.2, 0.25) is 0 Å². The largest absolute Gasteiger partial charge is 0.386 e. The number of H-pyrrole nitrogens is 1. The summed E-state index contributed by atoms with van der Waals surface area (Å²) in [5.41, 5.74) is 6.99. The maximum atomic E-state index is 12.2. The van der Waals surface area contributed by atoms with Gasteiger partial charge in [-0.3, -0.25) is 9.36 Å². The van der Waals surface area contributed by atoms with E-state index in [1.807, 2.05) is 13.0 Å². The second-order valence-corrected chi connectivity index (χ2v) is 6.00. The van der Waals surface area contributed by atoms with E-state index < -0.39 is 0 Å². The summed E-state index contributed by atoms with van der Waals surface area (Å²) in [6.45, 7) is 3.08. The average Bonchev–Trinajstić information content (AvgIpc) is 3.14. The van der Waals surface area contributed by atoms with Gasteiger partial charge in [-0.05, 0) is 49.8 Å². The maximum absolute atomic E-state index is 12.2. The zero-order valence-corrected chi connectivity index (χ0v) is 15.0. The van der Waals surface area contributed by atoms with E-state index in [1.54, 1.807) is 42.7 Å². The van der Waals surface area contributed by atoms with Gasteiger partial charge in [0, 0.05) is 36.4 Å². The number of benzene rings is 1. The number of nitrogens with two attached hydrogens (primary N) is 1. The molecule has 0 saturated heterocycles. The van der Waals surface area contributed by atoms with Crippen molar-refractivity contribution in [3.8, 4) is 5.69 Å². The molecule has 5 N–H and O–H groups in total. The number of carbonyl (C=O) groups is 1. The second kappa shape index (κ2) is 8.22. The van der Waals surface area contributed by atoms with Crippen molar-refractivity contribution < 1.29 is 4.79 Å². The smallest absolute Gasteiger partial charge is 0.354 e. The average molecular weight is 366 g/mol. The summed E-state index contributed by atoms with van der Waals surface area (Å²) in [6.07, 6.45) is 6.00. The van der Waals surface area contributed by atoms with Crippen LogP contribution in [0.15, 0.2) is 59.4 Å². The fourth-order valence-corrected chi connectivity index (χ4v) is 2.60. The zero-order chi connectivity index (χ0) is 19.2. The molecule has 8 heteroatoms. The molecule has 3 aromatic rings. The molecule has 0 saturated carbocycles. The number of rotatable bonds is 7. The van der Waals surface area contributed by atoms with Crippen molar-refractivity contribution in [1.82, 2.24) is 25.2 Å². The highest BCUT2D eigenvalue weighted by atomic mass is 16.2. The molecule has 27 heavy (non-hydrogen) atoms. The molecule has 0 unspecified atom stereocenters. The van der Waals surface area contributed by atoms with Gasteiger partial charge in [0.1, 0.15) is 5.65 Å². The summed E-state index contributed by atoms with van der Waals surface area (Å²) in [5.74, 6) is 0.464. The summed E-state index contributed by atoms with van der Waals surface area (Å²) >= 11 is 0. The van der Waals surface area contributed by atoms with Crippen LogP contribution >= 0.6 is 0 Å². The van der Waals surface area contributed by atoms with E-state index in [0.717, 1.165) is 11.8 Å². The Bertz CT molecular complexity index is 1020. The van der Waals surface area contributed by atoms with Crippen molar-refractivity contribution in [2.24, 2.45) is 5.73 Å². The SMILES string of the molecule is C/C=C(/N)NCCCNC(=O)c1ccc(-n2cc3cc[nH]c3nc2=O)cc1. The number of allylic oxidation sites excluding steroid dienone is 1. The molecule has 0 bridgehead atoms. The third-order valence-electron chi connectivity index (χ3n) is 4.12. The van der Waals surface area contributed by atoms with E-state index >= 15 is 0 Å². The number of nitrogens with zero attached hydrogens (tertiary/aromatic N) is 2. The lowest BCUT2D eigenvalue weighted by Crippen LogP contribution is -2.28. The van der Waals surface area contributed by atoms with Crippen LogP contribution in [0.2, 0.25) is 0 Å². The highest BCUT2D eigenvalue weighted by Gasteiger charge is 2.08. The third kappa shape index (κ3) is 4.35. The van der Waals surface area contributed by atoms with Crippen molar-refractivity contribution in [2.75, 3.05) is 13.1 Å². The van der Waals surface area contributed by atoms with Crippen LogP contribution < -0.4 is 22.1 Å². The summed E-state index contributed by atoms with van der Waals surface area (Å²) in [4.78, 5) is 31.3. The predicted molar refractivity (Wildman–Crippen MR) is 105 cm³/mol. The number of nitrogens with one attached hydrogen (secondary N) is 3. The van der Waals surface area contributed by atoms with E-state index in [-0.39, 0.29) is 11.6 Å². The van der Waals surface area contributed by atoms with E-state index in [0.29, 0.717) is 35.8 Å². The minimum absolute atomic E-state index is 0.160. The Hall–Kier alpha value is -3.55. The molecule has 0 aliphatic heterocycles. The van der Waals surface area contributed by atoms with Crippen molar-refractivity contribution in [3.05, 3.63) is 70.7 Å².